The predicted molar refractivity (Wildman–Crippen MR) is 132 cm³/mol. The Bertz CT molecular complexity index is 1170. The Morgan fingerprint density at radius 2 is 1.28 bits per heavy atom. The van der Waals surface area contributed by atoms with Crippen molar-refractivity contribution in [2.45, 2.75) is 25.0 Å². The van der Waals surface area contributed by atoms with Crippen molar-refractivity contribution in [2.24, 2.45) is 0 Å². The molecule has 0 spiro atoms. The van der Waals surface area contributed by atoms with Gasteiger partial charge in [0.25, 0.3) is 0 Å². The van der Waals surface area contributed by atoms with Crippen molar-refractivity contribution < 1.29 is 39.2 Å². The van der Waals surface area contributed by atoms with E-state index < -0.39 is 36.5 Å². The molecule has 0 amide bonds. The fourth-order valence-electron chi connectivity index (χ4n) is 3.93. The van der Waals surface area contributed by atoms with Crippen molar-refractivity contribution in [3.8, 4) is 22.5 Å². The average molecular weight is 494 g/mol. The molecule has 9 heteroatoms. The quantitative estimate of drug-likeness (QED) is 0.366. The summed E-state index contributed by atoms with van der Waals surface area (Å²) in [6.45, 7) is 0. The van der Waals surface area contributed by atoms with E-state index in [1.807, 2.05) is 0 Å². The SMILES string of the molecule is COC(=O)c1c(C(=O)OC)c(-c2ccccc2)n(/C=C/[C@@H](O)C[C@@H](O)CC(=O)O)c1-c1ccccc1. The number of hydrogen-bond donors (Lipinski definition) is 3. The Balaban J connectivity index is 2.31. The number of aliphatic hydroxyl groups is 2. The lowest BCUT2D eigenvalue weighted by Crippen LogP contribution is -2.19. The van der Waals surface area contributed by atoms with Gasteiger partial charge in [-0.05, 0) is 17.2 Å². The van der Waals surface area contributed by atoms with Gasteiger partial charge in [0.15, 0.2) is 0 Å². The monoisotopic (exact) mass is 493 g/mol. The molecule has 3 aromatic rings. The highest BCUT2D eigenvalue weighted by molar-refractivity contribution is 6.12. The van der Waals surface area contributed by atoms with Crippen molar-refractivity contribution in [2.75, 3.05) is 14.2 Å². The Morgan fingerprint density at radius 1 is 0.833 bits per heavy atom. The molecule has 0 unspecified atom stereocenters. The van der Waals surface area contributed by atoms with Crippen LogP contribution in [0.2, 0.25) is 0 Å². The normalized spacial score (nSPS) is 12.8. The Hall–Kier alpha value is -4.21. The molecule has 188 valence electrons. The molecule has 3 N–H and O–H groups in total. The molecule has 0 aliphatic heterocycles. The number of carbonyl (C=O) groups excluding carboxylic acids is 2. The minimum Gasteiger partial charge on any atom is -0.481 e. The number of carboxylic acid groups (broad SMARTS) is 1. The highest BCUT2D eigenvalue weighted by Crippen LogP contribution is 2.39. The first-order valence-electron chi connectivity index (χ1n) is 11.1. The molecule has 0 saturated heterocycles. The molecule has 3 rings (SSSR count). The second-order valence-electron chi connectivity index (χ2n) is 7.93. The molecule has 2 aromatic carbocycles. The number of aliphatic carboxylic acids is 1. The summed E-state index contributed by atoms with van der Waals surface area (Å²) >= 11 is 0. The lowest BCUT2D eigenvalue weighted by atomic mass is 10.0. The maximum Gasteiger partial charge on any atom is 0.340 e. The van der Waals surface area contributed by atoms with Gasteiger partial charge >= 0.3 is 17.9 Å². The Kier molecular flexibility index (Phi) is 8.77. The van der Waals surface area contributed by atoms with Crippen LogP contribution in [-0.4, -0.2) is 64.2 Å². The molecule has 1 aromatic heterocycles. The molecule has 36 heavy (non-hydrogen) atoms. The molecule has 0 aliphatic rings. The molecule has 2 atom stereocenters. The number of benzene rings is 2. The lowest BCUT2D eigenvalue weighted by molar-refractivity contribution is -0.139. The van der Waals surface area contributed by atoms with Gasteiger partial charge in [0, 0.05) is 12.6 Å². The van der Waals surface area contributed by atoms with Crippen LogP contribution in [0.1, 0.15) is 33.6 Å². The molecular weight excluding hydrogens is 466 g/mol. The van der Waals surface area contributed by atoms with Gasteiger partial charge in [-0.3, -0.25) is 4.79 Å². The van der Waals surface area contributed by atoms with Crippen molar-refractivity contribution in [1.29, 1.82) is 0 Å². The number of methoxy groups -OCH3 is 2. The van der Waals surface area contributed by atoms with Gasteiger partial charge in [-0.1, -0.05) is 60.7 Å². The summed E-state index contributed by atoms with van der Waals surface area (Å²) in [6, 6.07) is 17.7. The van der Waals surface area contributed by atoms with Gasteiger partial charge in [0.1, 0.15) is 11.1 Å². The van der Waals surface area contributed by atoms with Gasteiger partial charge in [0.05, 0.1) is 44.2 Å². The number of nitrogens with zero attached hydrogens (tertiary/aromatic N) is 1. The average Bonchev–Trinajstić information content (AvgIpc) is 3.22. The first kappa shape index (κ1) is 26.4. The number of carboxylic acids is 1. The third-order valence-electron chi connectivity index (χ3n) is 5.46. The van der Waals surface area contributed by atoms with Gasteiger partial charge < -0.3 is 29.4 Å². The summed E-state index contributed by atoms with van der Waals surface area (Å²) in [7, 11) is 2.42. The van der Waals surface area contributed by atoms with E-state index in [-0.39, 0.29) is 17.5 Å². The minimum absolute atomic E-state index is 0.0144. The minimum atomic E-state index is -1.26. The molecule has 0 fully saturated rings. The van der Waals surface area contributed by atoms with Gasteiger partial charge in [-0.15, -0.1) is 0 Å². The molecule has 1 heterocycles. The summed E-state index contributed by atoms with van der Waals surface area (Å²) < 4.78 is 11.6. The van der Waals surface area contributed by atoms with Crippen LogP contribution in [-0.2, 0) is 14.3 Å². The third kappa shape index (κ3) is 5.88. The van der Waals surface area contributed by atoms with E-state index in [1.54, 1.807) is 65.2 Å². The highest BCUT2D eigenvalue weighted by Gasteiger charge is 2.33. The van der Waals surface area contributed by atoms with E-state index in [9.17, 15) is 24.6 Å². The first-order valence-corrected chi connectivity index (χ1v) is 11.1. The summed E-state index contributed by atoms with van der Waals surface area (Å²) in [6.07, 6.45) is -0.382. The van der Waals surface area contributed by atoms with Gasteiger partial charge in [-0.2, -0.15) is 0 Å². The number of carbonyl (C=O) groups is 3. The number of aromatic nitrogens is 1. The van der Waals surface area contributed by atoms with Crippen LogP contribution in [0.4, 0.5) is 0 Å². The summed E-state index contributed by atoms with van der Waals surface area (Å²) in [5, 5.41) is 29.2. The van der Waals surface area contributed by atoms with Gasteiger partial charge in [0.2, 0.25) is 0 Å². The van der Waals surface area contributed by atoms with Crippen LogP contribution in [0.25, 0.3) is 28.7 Å². The second kappa shape index (κ2) is 12.0. The predicted octanol–water partition coefficient (Wildman–Crippen LogP) is 3.45. The number of aliphatic hydroxyl groups excluding tert-OH is 2. The van der Waals surface area contributed by atoms with Crippen molar-refractivity contribution >= 4 is 24.1 Å². The summed E-state index contributed by atoms with van der Waals surface area (Å²) in [5.74, 6) is -2.70. The number of hydrogen-bond acceptors (Lipinski definition) is 7. The Labute approximate surface area is 207 Å². The fraction of sp³-hybridized carbons (Fsp3) is 0.222. The molecule has 0 saturated carbocycles. The largest absolute Gasteiger partial charge is 0.481 e. The maximum absolute atomic E-state index is 13.0. The van der Waals surface area contributed by atoms with E-state index >= 15 is 0 Å². The van der Waals surface area contributed by atoms with Crippen molar-refractivity contribution in [1.82, 2.24) is 4.57 Å². The van der Waals surface area contributed by atoms with E-state index in [0.29, 0.717) is 22.5 Å². The van der Waals surface area contributed by atoms with E-state index in [4.69, 9.17) is 14.6 Å². The van der Waals surface area contributed by atoms with E-state index in [2.05, 4.69) is 0 Å². The molecule has 0 radical (unpaired) electrons. The zero-order valence-electron chi connectivity index (χ0n) is 19.8. The van der Waals surface area contributed by atoms with Crippen LogP contribution in [0.3, 0.4) is 0 Å². The topological polar surface area (TPSA) is 135 Å². The molecule has 0 bridgehead atoms. The zero-order chi connectivity index (χ0) is 26.2. The van der Waals surface area contributed by atoms with E-state index in [0.717, 1.165) is 0 Å². The van der Waals surface area contributed by atoms with Crippen molar-refractivity contribution in [3.63, 3.8) is 0 Å². The molecule has 9 nitrogen and oxygen atoms in total. The molecular formula is C27H27NO8. The van der Waals surface area contributed by atoms with Crippen LogP contribution in [0, 0.1) is 0 Å². The van der Waals surface area contributed by atoms with E-state index in [1.165, 1.54) is 26.5 Å². The first-order chi connectivity index (χ1) is 17.3. The van der Waals surface area contributed by atoms with Crippen LogP contribution >= 0.6 is 0 Å². The van der Waals surface area contributed by atoms with Crippen LogP contribution < -0.4 is 0 Å². The number of ether oxygens (including phenoxy) is 2. The highest BCUT2D eigenvalue weighted by atomic mass is 16.5. The lowest BCUT2D eigenvalue weighted by Gasteiger charge is -2.13. The maximum atomic E-state index is 13.0. The number of esters is 2. The Morgan fingerprint density at radius 3 is 1.67 bits per heavy atom. The zero-order valence-corrected chi connectivity index (χ0v) is 19.8. The third-order valence-corrected chi connectivity index (χ3v) is 5.46. The fourth-order valence-corrected chi connectivity index (χ4v) is 3.93. The molecule has 0 aliphatic carbocycles. The smallest absolute Gasteiger partial charge is 0.340 e. The number of rotatable bonds is 10. The second-order valence-corrected chi connectivity index (χ2v) is 7.93. The van der Waals surface area contributed by atoms with Crippen LogP contribution in [0.15, 0.2) is 66.7 Å². The summed E-state index contributed by atoms with van der Waals surface area (Å²) in [5.41, 5.74) is 1.82. The summed E-state index contributed by atoms with van der Waals surface area (Å²) in [4.78, 5) is 36.9. The van der Waals surface area contributed by atoms with Crippen molar-refractivity contribution in [3.05, 3.63) is 77.9 Å². The van der Waals surface area contributed by atoms with Crippen LogP contribution in [0.5, 0.6) is 0 Å². The standard InChI is InChI=1S/C27H27NO8/c1-35-26(33)22-23(27(34)36-2)25(18-11-7-4-8-12-18)28(24(22)17-9-5-3-6-10-17)14-13-19(29)15-20(30)16-21(31)32/h3-14,19-20,29-30H,15-16H2,1-2H3,(H,31,32)/b14-13+/t19-,20-/m1/s1. The van der Waals surface area contributed by atoms with Gasteiger partial charge in [-0.25, -0.2) is 9.59 Å².